The number of hydrogen-bond donors (Lipinski definition) is 2. The van der Waals surface area contributed by atoms with Crippen molar-refractivity contribution in [2.75, 3.05) is 0 Å². The average Bonchev–Trinajstić information content (AvgIpc) is 2.27. The van der Waals surface area contributed by atoms with Crippen molar-refractivity contribution in [2.24, 2.45) is 5.73 Å². The maximum absolute atomic E-state index is 12.1. The van der Waals surface area contributed by atoms with Crippen LogP contribution < -0.4 is 11.1 Å². The first-order valence-corrected chi connectivity index (χ1v) is 6.43. The molecule has 0 aliphatic rings. The van der Waals surface area contributed by atoms with Crippen LogP contribution >= 0.6 is 11.6 Å². The monoisotopic (exact) mass is 283 g/mol. The number of amides is 2. The molecule has 5 nitrogen and oxygen atoms in total. The highest BCUT2D eigenvalue weighted by molar-refractivity contribution is 6.29. The van der Waals surface area contributed by atoms with Crippen molar-refractivity contribution in [2.45, 2.75) is 39.2 Å². The summed E-state index contributed by atoms with van der Waals surface area (Å²) >= 11 is 5.88. The topological polar surface area (TPSA) is 85.1 Å². The smallest absolute Gasteiger partial charge is 0.252 e. The molecule has 0 bridgehead atoms. The van der Waals surface area contributed by atoms with Crippen LogP contribution in [0.4, 0.5) is 0 Å². The predicted molar refractivity (Wildman–Crippen MR) is 74.0 cm³/mol. The molecule has 0 radical (unpaired) electrons. The number of carbonyl (C=O) groups is 2. The second-order valence-electron chi connectivity index (χ2n) is 4.86. The zero-order chi connectivity index (χ0) is 14.6. The lowest BCUT2D eigenvalue weighted by atomic mass is 10.0. The van der Waals surface area contributed by atoms with Gasteiger partial charge in [0, 0.05) is 11.3 Å². The molecule has 6 heteroatoms. The Bertz CT molecular complexity index is 501. The molecule has 3 N–H and O–H groups in total. The first kappa shape index (κ1) is 15.4. The number of hydrogen-bond acceptors (Lipinski definition) is 3. The molecule has 1 rings (SSSR count). The van der Waals surface area contributed by atoms with Crippen molar-refractivity contribution in [1.82, 2.24) is 10.3 Å². The van der Waals surface area contributed by atoms with Gasteiger partial charge in [-0.25, -0.2) is 4.98 Å². The van der Waals surface area contributed by atoms with Gasteiger partial charge in [0.05, 0.1) is 0 Å². The molecule has 0 fully saturated rings. The number of pyridine rings is 1. The van der Waals surface area contributed by atoms with E-state index in [1.807, 2.05) is 6.92 Å². The summed E-state index contributed by atoms with van der Waals surface area (Å²) in [7, 11) is 0. The molecular formula is C13H18ClN3O2. The zero-order valence-corrected chi connectivity index (χ0v) is 12.0. The second kappa shape index (κ2) is 6.02. The minimum atomic E-state index is -1.11. The van der Waals surface area contributed by atoms with Crippen LogP contribution in [0.5, 0.6) is 0 Å². The van der Waals surface area contributed by atoms with Gasteiger partial charge in [0.15, 0.2) is 0 Å². The molecule has 1 aromatic rings. The maximum Gasteiger partial charge on any atom is 0.252 e. The first-order valence-electron chi connectivity index (χ1n) is 6.05. The van der Waals surface area contributed by atoms with E-state index in [1.165, 1.54) is 6.07 Å². The number of nitrogens with zero attached hydrogens (tertiary/aromatic N) is 1. The van der Waals surface area contributed by atoms with Gasteiger partial charge in [0.25, 0.3) is 5.91 Å². The van der Waals surface area contributed by atoms with Crippen molar-refractivity contribution in [3.8, 4) is 0 Å². The molecular weight excluding hydrogens is 266 g/mol. The SMILES string of the molecule is CCCc1cc(C(=O)NC(C)(C)C(N)=O)cc(Cl)n1. The summed E-state index contributed by atoms with van der Waals surface area (Å²) in [5.74, 6) is -1.000. The molecule has 0 spiro atoms. The number of aromatic nitrogens is 1. The van der Waals surface area contributed by atoms with Crippen LogP contribution in [-0.2, 0) is 11.2 Å². The van der Waals surface area contributed by atoms with Crippen LogP contribution in [0.3, 0.4) is 0 Å². The van der Waals surface area contributed by atoms with E-state index in [-0.39, 0.29) is 5.15 Å². The standard InChI is InChI=1S/C13H18ClN3O2/c1-4-5-9-6-8(7-10(14)16-9)11(18)17-13(2,3)12(15)19/h6-7H,4-5H2,1-3H3,(H2,15,19)(H,17,18). The van der Waals surface area contributed by atoms with Gasteiger partial charge in [-0.15, -0.1) is 0 Å². The van der Waals surface area contributed by atoms with Crippen molar-refractivity contribution in [3.63, 3.8) is 0 Å². The van der Waals surface area contributed by atoms with Crippen LogP contribution in [0.25, 0.3) is 0 Å². The van der Waals surface area contributed by atoms with E-state index in [0.29, 0.717) is 5.56 Å². The Morgan fingerprint density at radius 3 is 2.58 bits per heavy atom. The summed E-state index contributed by atoms with van der Waals surface area (Å²) in [4.78, 5) is 27.4. The predicted octanol–water partition coefficient (Wildman–Crippen LogP) is 1.68. The molecule has 104 valence electrons. The Balaban J connectivity index is 2.97. The molecule has 0 aliphatic carbocycles. The Labute approximate surface area is 117 Å². The Kier molecular flexibility index (Phi) is 4.89. The first-order chi connectivity index (χ1) is 8.76. The number of aryl methyl sites for hydroxylation is 1. The third-order valence-electron chi connectivity index (χ3n) is 2.66. The van der Waals surface area contributed by atoms with Crippen molar-refractivity contribution in [3.05, 3.63) is 28.5 Å². The van der Waals surface area contributed by atoms with Crippen molar-refractivity contribution < 1.29 is 9.59 Å². The molecule has 19 heavy (non-hydrogen) atoms. The number of halogens is 1. The molecule has 2 amide bonds. The molecule has 0 aliphatic heterocycles. The van der Waals surface area contributed by atoms with Crippen LogP contribution in [0.15, 0.2) is 12.1 Å². The molecule has 0 atom stereocenters. The number of rotatable bonds is 5. The zero-order valence-electron chi connectivity index (χ0n) is 11.3. The number of nitrogens with one attached hydrogen (secondary N) is 1. The van der Waals surface area contributed by atoms with Crippen molar-refractivity contribution >= 4 is 23.4 Å². The summed E-state index contributed by atoms with van der Waals surface area (Å²) in [6.45, 7) is 5.10. The van der Waals surface area contributed by atoms with Crippen LogP contribution in [0, 0.1) is 0 Å². The van der Waals surface area contributed by atoms with Gasteiger partial charge in [0.1, 0.15) is 10.7 Å². The molecule has 0 saturated heterocycles. The highest BCUT2D eigenvalue weighted by Crippen LogP contribution is 2.13. The summed E-state index contributed by atoms with van der Waals surface area (Å²) in [5.41, 5.74) is 5.22. The third kappa shape index (κ3) is 4.21. The summed E-state index contributed by atoms with van der Waals surface area (Å²) in [6, 6.07) is 3.13. The van der Waals surface area contributed by atoms with E-state index in [2.05, 4.69) is 10.3 Å². The van der Waals surface area contributed by atoms with E-state index in [0.717, 1.165) is 18.5 Å². The van der Waals surface area contributed by atoms with Gasteiger partial charge in [0.2, 0.25) is 5.91 Å². The van der Waals surface area contributed by atoms with E-state index in [4.69, 9.17) is 17.3 Å². The van der Waals surface area contributed by atoms with Gasteiger partial charge in [-0.2, -0.15) is 0 Å². The summed E-state index contributed by atoms with van der Waals surface area (Å²) in [6.07, 6.45) is 1.64. The second-order valence-corrected chi connectivity index (χ2v) is 5.25. The largest absolute Gasteiger partial charge is 0.368 e. The van der Waals surface area contributed by atoms with Crippen LogP contribution in [-0.4, -0.2) is 22.3 Å². The Morgan fingerprint density at radius 2 is 2.05 bits per heavy atom. The van der Waals surface area contributed by atoms with Gasteiger partial charge in [-0.05, 0) is 32.4 Å². The van der Waals surface area contributed by atoms with Gasteiger partial charge in [-0.3, -0.25) is 9.59 Å². The molecule has 0 aromatic carbocycles. The number of primary amides is 1. The van der Waals surface area contributed by atoms with E-state index in [1.54, 1.807) is 19.9 Å². The Hall–Kier alpha value is -1.62. The molecule has 0 saturated carbocycles. The summed E-state index contributed by atoms with van der Waals surface area (Å²) in [5, 5.41) is 2.83. The van der Waals surface area contributed by atoms with E-state index >= 15 is 0 Å². The van der Waals surface area contributed by atoms with Gasteiger partial charge < -0.3 is 11.1 Å². The summed E-state index contributed by atoms with van der Waals surface area (Å²) < 4.78 is 0. The molecule has 1 heterocycles. The highest BCUT2D eigenvalue weighted by atomic mass is 35.5. The maximum atomic E-state index is 12.1. The van der Waals surface area contributed by atoms with E-state index in [9.17, 15) is 9.59 Å². The van der Waals surface area contributed by atoms with E-state index < -0.39 is 17.4 Å². The normalized spacial score (nSPS) is 11.2. The number of nitrogens with two attached hydrogens (primary N) is 1. The lowest BCUT2D eigenvalue weighted by Crippen LogP contribution is -2.53. The third-order valence-corrected chi connectivity index (χ3v) is 2.85. The van der Waals surface area contributed by atoms with Crippen molar-refractivity contribution in [1.29, 1.82) is 0 Å². The van der Waals surface area contributed by atoms with Crippen LogP contribution in [0.2, 0.25) is 5.15 Å². The minimum Gasteiger partial charge on any atom is -0.368 e. The Morgan fingerprint density at radius 1 is 1.42 bits per heavy atom. The lowest BCUT2D eigenvalue weighted by molar-refractivity contribution is -0.122. The lowest BCUT2D eigenvalue weighted by Gasteiger charge is -2.22. The quantitative estimate of drug-likeness (QED) is 0.806. The molecule has 1 aromatic heterocycles. The minimum absolute atomic E-state index is 0.257. The fourth-order valence-corrected chi connectivity index (χ4v) is 1.71. The number of carbonyl (C=O) groups excluding carboxylic acids is 2. The fourth-order valence-electron chi connectivity index (χ4n) is 1.48. The van der Waals surface area contributed by atoms with Crippen LogP contribution in [0.1, 0.15) is 43.2 Å². The van der Waals surface area contributed by atoms with Gasteiger partial charge in [-0.1, -0.05) is 24.9 Å². The highest BCUT2D eigenvalue weighted by Gasteiger charge is 2.27. The van der Waals surface area contributed by atoms with Gasteiger partial charge >= 0.3 is 0 Å². The average molecular weight is 284 g/mol. The fraction of sp³-hybridized carbons (Fsp3) is 0.462. The molecule has 0 unspecified atom stereocenters.